The molecule has 0 aliphatic heterocycles. The van der Waals surface area contributed by atoms with Gasteiger partial charge in [-0.25, -0.2) is 4.39 Å². The molecule has 0 heterocycles. The first-order chi connectivity index (χ1) is 12.0. The van der Waals surface area contributed by atoms with Gasteiger partial charge in [-0.3, -0.25) is 4.79 Å². The van der Waals surface area contributed by atoms with E-state index in [0.717, 1.165) is 5.56 Å². The van der Waals surface area contributed by atoms with Gasteiger partial charge in [0.15, 0.2) is 0 Å². The number of carbonyl (C=O) groups excluding carboxylic acids is 1. The van der Waals surface area contributed by atoms with E-state index < -0.39 is 11.9 Å². The zero-order valence-electron chi connectivity index (χ0n) is 14.3. The Kier molecular flexibility index (Phi) is 6.77. The van der Waals surface area contributed by atoms with E-state index in [2.05, 4.69) is 5.32 Å². The molecule has 2 aromatic rings. The molecule has 0 aromatic heterocycles. The first-order valence-corrected chi connectivity index (χ1v) is 7.94. The van der Waals surface area contributed by atoms with Crippen molar-refractivity contribution in [1.82, 2.24) is 5.32 Å². The van der Waals surface area contributed by atoms with Crippen molar-refractivity contribution >= 4 is 5.91 Å². The van der Waals surface area contributed by atoms with Crippen molar-refractivity contribution in [1.29, 1.82) is 0 Å². The number of rotatable bonds is 8. The van der Waals surface area contributed by atoms with Gasteiger partial charge in [0.1, 0.15) is 17.3 Å². The molecule has 0 saturated heterocycles. The summed E-state index contributed by atoms with van der Waals surface area (Å²) in [6, 6.07) is 11.1. The second-order valence-corrected chi connectivity index (χ2v) is 5.60. The van der Waals surface area contributed by atoms with Crippen molar-refractivity contribution in [3.63, 3.8) is 0 Å². The van der Waals surface area contributed by atoms with E-state index in [0.29, 0.717) is 23.5 Å². The van der Waals surface area contributed by atoms with Crippen LogP contribution < -0.4 is 14.8 Å². The Labute approximate surface area is 146 Å². The lowest BCUT2D eigenvalue weighted by molar-refractivity contribution is -0.121. The first kappa shape index (κ1) is 18.7. The highest BCUT2D eigenvalue weighted by Crippen LogP contribution is 2.23. The second kappa shape index (κ2) is 9.03. The highest BCUT2D eigenvalue weighted by atomic mass is 19.1. The molecule has 0 unspecified atom stereocenters. The van der Waals surface area contributed by atoms with E-state index in [-0.39, 0.29) is 18.9 Å². The van der Waals surface area contributed by atoms with Crippen LogP contribution in [0.4, 0.5) is 4.39 Å². The fraction of sp³-hybridized carbons (Fsp3) is 0.316. The van der Waals surface area contributed by atoms with Gasteiger partial charge in [0.05, 0.1) is 20.3 Å². The third-order valence-electron chi connectivity index (χ3n) is 3.78. The van der Waals surface area contributed by atoms with E-state index in [1.807, 2.05) is 12.1 Å². The van der Waals surface area contributed by atoms with Crippen LogP contribution in [-0.2, 0) is 11.2 Å². The third-order valence-corrected chi connectivity index (χ3v) is 3.78. The molecule has 0 aliphatic carbocycles. The van der Waals surface area contributed by atoms with Crippen molar-refractivity contribution in [3.05, 3.63) is 59.4 Å². The monoisotopic (exact) mass is 347 g/mol. The Morgan fingerprint density at radius 1 is 1.16 bits per heavy atom. The van der Waals surface area contributed by atoms with E-state index in [1.54, 1.807) is 26.4 Å². The maximum absolute atomic E-state index is 13.1. The van der Waals surface area contributed by atoms with Crippen molar-refractivity contribution < 1.29 is 23.8 Å². The molecule has 5 nitrogen and oxygen atoms in total. The fourth-order valence-electron chi connectivity index (χ4n) is 2.40. The summed E-state index contributed by atoms with van der Waals surface area (Å²) >= 11 is 0. The summed E-state index contributed by atoms with van der Waals surface area (Å²) in [5.74, 6) is 0.708. The van der Waals surface area contributed by atoms with E-state index >= 15 is 0 Å². The zero-order valence-corrected chi connectivity index (χ0v) is 14.3. The topological polar surface area (TPSA) is 67.8 Å². The number of benzene rings is 2. The van der Waals surface area contributed by atoms with Gasteiger partial charge in [0.2, 0.25) is 5.91 Å². The number of ether oxygens (including phenoxy) is 2. The number of hydrogen-bond donors (Lipinski definition) is 2. The van der Waals surface area contributed by atoms with Crippen molar-refractivity contribution in [3.8, 4) is 11.5 Å². The van der Waals surface area contributed by atoms with Crippen LogP contribution in [0, 0.1) is 5.82 Å². The summed E-state index contributed by atoms with van der Waals surface area (Å²) < 4.78 is 23.5. The Bertz CT molecular complexity index is 698. The van der Waals surface area contributed by atoms with Gasteiger partial charge >= 0.3 is 0 Å². The van der Waals surface area contributed by atoms with Crippen molar-refractivity contribution in [2.24, 2.45) is 0 Å². The summed E-state index contributed by atoms with van der Waals surface area (Å²) in [7, 11) is 3.14. The molecule has 0 spiro atoms. The molecule has 1 atom stereocenters. The van der Waals surface area contributed by atoms with Crippen LogP contribution in [0.25, 0.3) is 0 Å². The molecule has 134 valence electrons. The van der Waals surface area contributed by atoms with Gasteiger partial charge in [-0.15, -0.1) is 0 Å². The number of halogens is 1. The Balaban J connectivity index is 1.84. The molecule has 0 saturated carbocycles. The lowest BCUT2D eigenvalue weighted by Crippen LogP contribution is -2.28. The van der Waals surface area contributed by atoms with Crippen molar-refractivity contribution in [2.75, 3.05) is 20.8 Å². The third kappa shape index (κ3) is 5.76. The predicted molar refractivity (Wildman–Crippen MR) is 92.2 cm³/mol. The molecule has 2 aromatic carbocycles. The normalized spacial score (nSPS) is 11.7. The summed E-state index contributed by atoms with van der Waals surface area (Å²) in [4.78, 5) is 12.0. The Morgan fingerprint density at radius 3 is 2.44 bits per heavy atom. The number of aliphatic hydroxyl groups is 1. The molecule has 6 heteroatoms. The van der Waals surface area contributed by atoms with E-state index in [9.17, 15) is 14.3 Å². The van der Waals surface area contributed by atoms with Gasteiger partial charge in [-0.05, 0) is 41.8 Å². The van der Waals surface area contributed by atoms with E-state index in [1.165, 1.54) is 18.2 Å². The lowest BCUT2D eigenvalue weighted by Gasteiger charge is -2.13. The van der Waals surface area contributed by atoms with Gasteiger partial charge in [-0.1, -0.05) is 12.1 Å². The van der Waals surface area contributed by atoms with Gasteiger partial charge in [0, 0.05) is 19.0 Å². The molecular weight excluding hydrogens is 325 g/mol. The second-order valence-electron chi connectivity index (χ2n) is 5.60. The van der Waals surface area contributed by atoms with Gasteiger partial charge in [-0.2, -0.15) is 0 Å². The maximum Gasteiger partial charge on any atom is 0.220 e. The number of carbonyl (C=O) groups is 1. The van der Waals surface area contributed by atoms with Gasteiger partial charge in [0.25, 0.3) is 0 Å². The van der Waals surface area contributed by atoms with Crippen molar-refractivity contribution in [2.45, 2.75) is 18.9 Å². The SMILES string of the molecule is COc1cc(CCC(=O)NC[C@H](O)c2cccc(F)c2)cc(OC)c1. The number of aliphatic hydroxyl groups excluding tert-OH is 1. The Hall–Kier alpha value is -2.60. The highest BCUT2D eigenvalue weighted by Gasteiger charge is 2.11. The predicted octanol–water partition coefficient (Wildman–Crippen LogP) is 2.63. The minimum Gasteiger partial charge on any atom is -0.497 e. The number of hydrogen-bond acceptors (Lipinski definition) is 4. The molecule has 0 bridgehead atoms. The summed E-state index contributed by atoms with van der Waals surface area (Å²) in [6.45, 7) is 0.0315. The number of aryl methyl sites for hydroxylation is 1. The van der Waals surface area contributed by atoms with Crippen LogP contribution in [0.15, 0.2) is 42.5 Å². The average Bonchev–Trinajstić information content (AvgIpc) is 2.63. The minimum atomic E-state index is -0.948. The fourth-order valence-corrected chi connectivity index (χ4v) is 2.40. The number of methoxy groups -OCH3 is 2. The zero-order chi connectivity index (χ0) is 18.2. The summed E-state index contributed by atoms with van der Waals surface area (Å²) in [5.41, 5.74) is 1.34. The molecule has 0 aliphatic rings. The lowest BCUT2D eigenvalue weighted by atomic mass is 10.1. The van der Waals surface area contributed by atoms with Crippen LogP contribution in [0.2, 0.25) is 0 Å². The van der Waals surface area contributed by atoms with Crippen LogP contribution in [0.5, 0.6) is 11.5 Å². The molecule has 0 fully saturated rings. The molecular formula is C19H22FNO4. The standard InChI is InChI=1S/C19H22FNO4/c1-24-16-8-13(9-17(11-16)25-2)6-7-19(23)21-12-18(22)14-4-3-5-15(20)10-14/h3-5,8-11,18,22H,6-7,12H2,1-2H3,(H,21,23)/t18-/m0/s1. The van der Waals surface area contributed by atoms with Crippen LogP contribution in [-0.4, -0.2) is 31.8 Å². The minimum absolute atomic E-state index is 0.0315. The molecule has 0 radical (unpaired) electrons. The summed E-state index contributed by atoms with van der Waals surface area (Å²) in [5, 5.41) is 12.7. The van der Waals surface area contributed by atoms with Crippen LogP contribution >= 0.6 is 0 Å². The largest absolute Gasteiger partial charge is 0.497 e. The quantitative estimate of drug-likeness (QED) is 0.770. The average molecular weight is 347 g/mol. The Morgan fingerprint density at radius 2 is 1.84 bits per heavy atom. The van der Waals surface area contributed by atoms with E-state index in [4.69, 9.17) is 9.47 Å². The molecule has 25 heavy (non-hydrogen) atoms. The molecule has 2 rings (SSSR count). The summed E-state index contributed by atoms with van der Waals surface area (Å²) in [6.07, 6.45) is -0.182. The smallest absolute Gasteiger partial charge is 0.220 e. The molecule has 1 amide bonds. The van der Waals surface area contributed by atoms with Crippen LogP contribution in [0.1, 0.15) is 23.7 Å². The van der Waals surface area contributed by atoms with Gasteiger partial charge < -0.3 is 19.9 Å². The maximum atomic E-state index is 13.1. The molecule has 2 N–H and O–H groups in total. The number of nitrogens with one attached hydrogen (secondary N) is 1. The highest BCUT2D eigenvalue weighted by molar-refractivity contribution is 5.76. The van der Waals surface area contributed by atoms with Crippen LogP contribution in [0.3, 0.4) is 0 Å². The first-order valence-electron chi connectivity index (χ1n) is 7.94. The number of amides is 1.